The van der Waals surface area contributed by atoms with Crippen LogP contribution in [-0.4, -0.2) is 30.6 Å². The predicted molar refractivity (Wildman–Crippen MR) is 108 cm³/mol. The van der Waals surface area contributed by atoms with Crippen LogP contribution in [0.4, 0.5) is 4.79 Å². The number of amides is 2. The number of likely N-dealkylation sites (tertiary alicyclic amines) is 1. The van der Waals surface area contributed by atoms with Gasteiger partial charge < -0.3 is 15.1 Å². The highest BCUT2D eigenvalue weighted by Gasteiger charge is 2.20. The first-order chi connectivity index (χ1) is 13.0. The van der Waals surface area contributed by atoms with Crippen molar-refractivity contribution in [2.24, 2.45) is 5.92 Å². The highest BCUT2D eigenvalue weighted by Crippen LogP contribution is 2.21. The van der Waals surface area contributed by atoms with E-state index in [1.807, 2.05) is 38.1 Å². The summed E-state index contributed by atoms with van der Waals surface area (Å²) in [6.45, 7) is 8.32. The molecule has 146 valence electrons. The Balaban J connectivity index is 1.33. The van der Waals surface area contributed by atoms with Crippen molar-refractivity contribution in [1.29, 1.82) is 0 Å². The van der Waals surface area contributed by atoms with E-state index in [2.05, 4.69) is 21.6 Å². The largest absolute Gasteiger partial charge is 0.466 e. The van der Waals surface area contributed by atoms with Gasteiger partial charge in [-0.15, -0.1) is 0 Å². The third-order valence-electron chi connectivity index (χ3n) is 5.16. The first-order valence-electron chi connectivity index (χ1n) is 9.54. The van der Waals surface area contributed by atoms with Crippen LogP contribution in [0.25, 0.3) is 0 Å². The van der Waals surface area contributed by atoms with Crippen LogP contribution in [-0.2, 0) is 13.1 Å². The molecule has 6 heteroatoms. The molecular weight excluding hydrogens is 362 g/mol. The van der Waals surface area contributed by atoms with Crippen molar-refractivity contribution < 1.29 is 9.21 Å². The molecule has 1 aliphatic rings. The minimum absolute atomic E-state index is 0.114. The summed E-state index contributed by atoms with van der Waals surface area (Å²) in [6.07, 6.45) is 2.21. The van der Waals surface area contributed by atoms with Crippen molar-refractivity contribution in [3.05, 3.63) is 58.0 Å². The van der Waals surface area contributed by atoms with E-state index in [9.17, 15) is 4.79 Å². The van der Waals surface area contributed by atoms with Crippen molar-refractivity contribution in [1.82, 2.24) is 15.5 Å². The predicted octanol–water partition coefficient (Wildman–Crippen LogP) is 4.26. The fourth-order valence-electron chi connectivity index (χ4n) is 3.51. The number of rotatable bonds is 6. The lowest BCUT2D eigenvalue weighted by molar-refractivity contribution is 0.174. The maximum atomic E-state index is 12.0. The molecule has 0 unspecified atom stereocenters. The van der Waals surface area contributed by atoms with Gasteiger partial charge in [0.05, 0.1) is 0 Å². The van der Waals surface area contributed by atoms with E-state index in [-0.39, 0.29) is 6.03 Å². The Morgan fingerprint density at radius 2 is 1.89 bits per heavy atom. The molecule has 3 rings (SSSR count). The second-order valence-electron chi connectivity index (χ2n) is 7.35. The smallest absolute Gasteiger partial charge is 0.315 e. The number of hydrogen-bond acceptors (Lipinski definition) is 3. The van der Waals surface area contributed by atoms with Gasteiger partial charge in [0.2, 0.25) is 0 Å². The number of halogens is 1. The Bertz CT molecular complexity index is 749. The zero-order chi connectivity index (χ0) is 19.2. The molecule has 1 saturated heterocycles. The summed E-state index contributed by atoms with van der Waals surface area (Å²) in [7, 11) is 0. The molecule has 0 spiro atoms. The quantitative estimate of drug-likeness (QED) is 0.776. The van der Waals surface area contributed by atoms with E-state index in [1.165, 1.54) is 5.56 Å². The minimum Gasteiger partial charge on any atom is -0.466 e. The Hall–Kier alpha value is -1.98. The van der Waals surface area contributed by atoms with Crippen LogP contribution in [0.3, 0.4) is 0 Å². The molecule has 0 radical (unpaired) electrons. The lowest BCUT2D eigenvalue weighted by atomic mass is 9.96. The summed E-state index contributed by atoms with van der Waals surface area (Å²) in [5.41, 5.74) is 2.32. The Morgan fingerprint density at radius 3 is 2.52 bits per heavy atom. The van der Waals surface area contributed by atoms with E-state index in [0.717, 1.165) is 56.1 Å². The van der Waals surface area contributed by atoms with Crippen LogP contribution in [0.2, 0.25) is 5.02 Å². The number of piperidine rings is 1. The van der Waals surface area contributed by atoms with E-state index in [0.29, 0.717) is 17.5 Å². The van der Waals surface area contributed by atoms with Gasteiger partial charge >= 0.3 is 6.03 Å². The number of nitrogens with one attached hydrogen (secondary N) is 2. The fraction of sp³-hybridized carbons (Fsp3) is 0.476. The number of carbonyl (C=O) groups is 1. The number of benzene rings is 1. The van der Waals surface area contributed by atoms with Gasteiger partial charge in [-0.1, -0.05) is 23.7 Å². The number of furan rings is 1. The van der Waals surface area contributed by atoms with Crippen molar-refractivity contribution in [3.8, 4) is 0 Å². The Kier molecular flexibility index (Phi) is 6.80. The van der Waals surface area contributed by atoms with Crippen LogP contribution in [0.1, 0.15) is 35.5 Å². The van der Waals surface area contributed by atoms with Gasteiger partial charge in [0.15, 0.2) is 0 Å². The highest BCUT2D eigenvalue weighted by molar-refractivity contribution is 6.30. The van der Waals surface area contributed by atoms with Gasteiger partial charge in [0.25, 0.3) is 0 Å². The third kappa shape index (κ3) is 6.01. The van der Waals surface area contributed by atoms with Crippen LogP contribution in [0.15, 0.2) is 34.7 Å². The minimum atomic E-state index is -0.114. The lowest BCUT2D eigenvalue weighted by Gasteiger charge is -2.31. The van der Waals surface area contributed by atoms with Gasteiger partial charge in [-0.25, -0.2) is 4.79 Å². The van der Waals surface area contributed by atoms with Gasteiger partial charge in [0, 0.05) is 30.2 Å². The van der Waals surface area contributed by atoms with Gasteiger partial charge in [0.1, 0.15) is 11.5 Å². The lowest BCUT2D eigenvalue weighted by Crippen LogP contribution is -2.41. The number of aryl methyl sites for hydroxylation is 2. The van der Waals surface area contributed by atoms with E-state index >= 15 is 0 Å². The van der Waals surface area contributed by atoms with Gasteiger partial charge in [-0.05, 0) is 69.5 Å². The fourth-order valence-corrected chi connectivity index (χ4v) is 3.64. The summed E-state index contributed by atoms with van der Waals surface area (Å²) < 4.78 is 5.62. The van der Waals surface area contributed by atoms with Crippen LogP contribution >= 0.6 is 11.6 Å². The Morgan fingerprint density at radius 1 is 1.19 bits per heavy atom. The molecule has 0 atom stereocenters. The van der Waals surface area contributed by atoms with E-state index < -0.39 is 0 Å². The number of carbonyl (C=O) groups excluding carboxylic acids is 1. The number of hydrogen-bond donors (Lipinski definition) is 2. The van der Waals surface area contributed by atoms with Gasteiger partial charge in [-0.2, -0.15) is 0 Å². The average molecular weight is 390 g/mol. The van der Waals surface area contributed by atoms with Crippen molar-refractivity contribution in [2.45, 2.75) is 39.8 Å². The second kappa shape index (κ2) is 9.29. The number of nitrogens with zero attached hydrogens (tertiary/aromatic N) is 1. The molecule has 27 heavy (non-hydrogen) atoms. The summed E-state index contributed by atoms with van der Waals surface area (Å²) in [4.78, 5) is 14.5. The van der Waals surface area contributed by atoms with E-state index in [4.69, 9.17) is 16.0 Å². The van der Waals surface area contributed by atoms with Crippen molar-refractivity contribution in [2.75, 3.05) is 19.6 Å². The van der Waals surface area contributed by atoms with Gasteiger partial charge in [-0.3, -0.25) is 4.90 Å². The molecule has 2 aromatic rings. The first kappa shape index (κ1) is 19.8. The van der Waals surface area contributed by atoms with E-state index in [1.54, 1.807) is 0 Å². The zero-order valence-electron chi connectivity index (χ0n) is 16.1. The average Bonchev–Trinajstić information content (AvgIpc) is 2.97. The molecule has 2 N–H and O–H groups in total. The summed E-state index contributed by atoms with van der Waals surface area (Å²) >= 11 is 5.87. The standard InChI is InChI=1S/C21H28ClN3O2/c1-15-11-19(16(2)27-15)14-25-9-7-18(8-10-25)13-24-21(26)23-12-17-3-5-20(22)6-4-17/h3-6,11,18H,7-10,12-14H2,1-2H3,(H2,23,24,26). The molecule has 1 aliphatic heterocycles. The molecule has 0 saturated carbocycles. The monoisotopic (exact) mass is 389 g/mol. The topological polar surface area (TPSA) is 57.5 Å². The molecule has 5 nitrogen and oxygen atoms in total. The van der Waals surface area contributed by atoms with Crippen LogP contribution < -0.4 is 10.6 Å². The normalized spacial score (nSPS) is 15.7. The third-order valence-corrected chi connectivity index (χ3v) is 5.41. The molecule has 0 bridgehead atoms. The Labute approximate surface area is 166 Å². The molecule has 1 fully saturated rings. The van der Waals surface area contributed by atoms with Crippen LogP contribution in [0.5, 0.6) is 0 Å². The highest BCUT2D eigenvalue weighted by atomic mass is 35.5. The second-order valence-corrected chi connectivity index (χ2v) is 7.78. The SMILES string of the molecule is Cc1cc(CN2CCC(CNC(=O)NCc3ccc(Cl)cc3)CC2)c(C)o1. The molecule has 1 aromatic heterocycles. The van der Waals surface area contributed by atoms with Crippen molar-refractivity contribution >= 4 is 17.6 Å². The maximum absolute atomic E-state index is 12.0. The first-order valence-corrected chi connectivity index (χ1v) is 9.92. The van der Waals surface area contributed by atoms with Crippen LogP contribution in [0, 0.1) is 19.8 Å². The number of urea groups is 1. The molecule has 2 heterocycles. The van der Waals surface area contributed by atoms with Crippen molar-refractivity contribution in [3.63, 3.8) is 0 Å². The summed E-state index contributed by atoms with van der Waals surface area (Å²) in [5, 5.41) is 6.60. The summed E-state index contributed by atoms with van der Waals surface area (Å²) in [6, 6.07) is 9.52. The maximum Gasteiger partial charge on any atom is 0.315 e. The molecule has 1 aromatic carbocycles. The summed E-state index contributed by atoms with van der Waals surface area (Å²) in [5.74, 6) is 2.54. The molecule has 2 amide bonds. The molecular formula is C21H28ClN3O2. The zero-order valence-corrected chi connectivity index (χ0v) is 16.8. The molecule has 0 aliphatic carbocycles.